The molecule has 0 aliphatic carbocycles. The van der Waals surface area contributed by atoms with E-state index in [1.54, 1.807) is 18.2 Å². The van der Waals surface area contributed by atoms with Crippen LogP contribution in [0.15, 0.2) is 48.5 Å². The first-order valence-corrected chi connectivity index (χ1v) is 6.66. The van der Waals surface area contributed by atoms with Crippen molar-refractivity contribution in [2.45, 2.75) is 6.61 Å². The van der Waals surface area contributed by atoms with E-state index in [0.29, 0.717) is 23.0 Å². The summed E-state index contributed by atoms with van der Waals surface area (Å²) in [6.07, 6.45) is 0. The van der Waals surface area contributed by atoms with Gasteiger partial charge in [0.05, 0.1) is 11.0 Å². The van der Waals surface area contributed by atoms with E-state index in [4.69, 9.17) is 4.74 Å². The first-order valence-electron chi connectivity index (χ1n) is 6.66. The lowest BCUT2D eigenvalue weighted by Crippen LogP contribution is -1.98. The van der Waals surface area contributed by atoms with E-state index < -0.39 is 4.92 Å². The Kier molecular flexibility index (Phi) is 3.96. The van der Waals surface area contributed by atoms with Gasteiger partial charge in [0.15, 0.2) is 11.6 Å². The van der Waals surface area contributed by atoms with Crippen LogP contribution in [0.5, 0.6) is 5.75 Å². The second-order valence-corrected chi connectivity index (χ2v) is 4.66. The number of nitro groups is 1. The van der Waals surface area contributed by atoms with E-state index in [1.807, 2.05) is 0 Å². The third-order valence-electron chi connectivity index (χ3n) is 3.04. The van der Waals surface area contributed by atoms with Gasteiger partial charge in [0.2, 0.25) is 0 Å². The lowest BCUT2D eigenvalue weighted by Gasteiger charge is -2.03. The summed E-state index contributed by atoms with van der Waals surface area (Å²) < 4.78 is 18.3. The molecule has 0 fully saturated rings. The number of non-ortho nitro benzene ring substituents is 1. The minimum absolute atomic E-state index is 0.0490. The van der Waals surface area contributed by atoms with E-state index in [2.05, 4.69) is 15.2 Å². The van der Waals surface area contributed by atoms with E-state index in [9.17, 15) is 14.5 Å². The average molecular weight is 314 g/mol. The molecule has 23 heavy (non-hydrogen) atoms. The number of aromatic amines is 1. The second-order valence-electron chi connectivity index (χ2n) is 4.66. The Hall–Kier alpha value is -3.29. The van der Waals surface area contributed by atoms with E-state index in [0.717, 1.165) is 0 Å². The molecule has 1 heterocycles. The molecule has 0 bridgehead atoms. The van der Waals surface area contributed by atoms with Gasteiger partial charge in [-0.2, -0.15) is 5.10 Å². The van der Waals surface area contributed by atoms with Crippen LogP contribution < -0.4 is 4.74 Å². The molecule has 0 radical (unpaired) electrons. The van der Waals surface area contributed by atoms with Crippen LogP contribution >= 0.6 is 0 Å². The SMILES string of the molecule is O=[N+]([O-])c1cccc(OCc2nc(-c3ccc(F)cc3)n[nH]2)c1. The van der Waals surface area contributed by atoms with Crippen LogP contribution in [-0.4, -0.2) is 20.1 Å². The van der Waals surface area contributed by atoms with Gasteiger partial charge in [0.1, 0.15) is 18.2 Å². The standard InChI is InChI=1S/C15H11FN4O3/c16-11-6-4-10(5-7-11)15-17-14(18-19-15)9-23-13-3-1-2-12(8-13)20(21)22/h1-8H,9H2,(H,17,18,19). The number of aromatic nitrogens is 3. The number of H-pyrrole nitrogens is 1. The van der Waals surface area contributed by atoms with Crippen molar-refractivity contribution in [1.29, 1.82) is 0 Å². The molecule has 3 aromatic rings. The molecular weight excluding hydrogens is 303 g/mol. The number of rotatable bonds is 5. The van der Waals surface area contributed by atoms with Crippen molar-refractivity contribution in [3.63, 3.8) is 0 Å². The van der Waals surface area contributed by atoms with Crippen LogP contribution in [0, 0.1) is 15.9 Å². The first kappa shape index (κ1) is 14.6. The maximum atomic E-state index is 12.9. The van der Waals surface area contributed by atoms with Gasteiger partial charge in [0, 0.05) is 11.6 Å². The van der Waals surface area contributed by atoms with Gasteiger partial charge in [-0.1, -0.05) is 6.07 Å². The van der Waals surface area contributed by atoms with Crippen molar-refractivity contribution >= 4 is 5.69 Å². The van der Waals surface area contributed by atoms with Gasteiger partial charge in [0.25, 0.3) is 5.69 Å². The zero-order valence-electron chi connectivity index (χ0n) is 11.8. The lowest BCUT2D eigenvalue weighted by molar-refractivity contribution is -0.384. The molecule has 1 N–H and O–H groups in total. The molecule has 0 saturated heterocycles. The van der Waals surface area contributed by atoms with Crippen molar-refractivity contribution in [3.05, 3.63) is 70.3 Å². The van der Waals surface area contributed by atoms with Crippen molar-refractivity contribution in [2.24, 2.45) is 0 Å². The number of benzene rings is 2. The quantitative estimate of drug-likeness (QED) is 0.577. The van der Waals surface area contributed by atoms with Gasteiger partial charge in [-0.3, -0.25) is 15.2 Å². The summed E-state index contributed by atoms with van der Waals surface area (Å²) in [4.78, 5) is 14.4. The van der Waals surface area contributed by atoms with Crippen LogP contribution in [0.25, 0.3) is 11.4 Å². The molecule has 0 spiro atoms. The Morgan fingerprint density at radius 1 is 1.22 bits per heavy atom. The largest absolute Gasteiger partial charge is 0.485 e. The zero-order valence-corrected chi connectivity index (χ0v) is 11.8. The Morgan fingerprint density at radius 3 is 2.74 bits per heavy atom. The first-order chi connectivity index (χ1) is 11.1. The van der Waals surface area contributed by atoms with Gasteiger partial charge in [-0.15, -0.1) is 0 Å². The summed E-state index contributed by atoms with van der Waals surface area (Å²) in [5.41, 5.74) is 0.622. The number of nitrogens with zero attached hydrogens (tertiary/aromatic N) is 3. The molecule has 2 aromatic carbocycles. The van der Waals surface area contributed by atoms with Crippen molar-refractivity contribution in [1.82, 2.24) is 15.2 Å². The molecular formula is C15H11FN4O3. The highest BCUT2D eigenvalue weighted by Crippen LogP contribution is 2.20. The van der Waals surface area contributed by atoms with Gasteiger partial charge < -0.3 is 4.74 Å². The number of nitro benzene ring substituents is 1. The number of nitrogens with one attached hydrogen (secondary N) is 1. The number of halogens is 1. The highest BCUT2D eigenvalue weighted by atomic mass is 19.1. The Morgan fingerprint density at radius 2 is 2.00 bits per heavy atom. The molecule has 0 amide bonds. The van der Waals surface area contributed by atoms with E-state index in [1.165, 1.54) is 30.3 Å². The fraction of sp³-hybridized carbons (Fsp3) is 0.0667. The zero-order chi connectivity index (χ0) is 16.2. The maximum absolute atomic E-state index is 12.9. The number of ether oxygens (including phenoxy) is 1. The number of hydrogen-bond acceptors (Lipinski definition) is 5. The highest BCUT2D eigenvalue weighted by Gasteiger charge is 2.09. The molecule has 3 rings (SSSR count). The fourth-order valence-electron chi connectivity index (χ4n) is 1.93. The molecule has 116 valence electrons. The van der Waals surface area contributed by atoms with Gasteiger partial charge >= 0.3 is 0 Å². The average Bonchev–Trinajstić information content (AvgIpc) is 3.03. The minimum Gasteiger partial charge on any atom is -0.485 e. The molecule has 8 heteroatoms. The molecule has 0 unspecified atom stereocenters. The van der Waals surface area contributed by atoms with Crippen LogP contribution in [0.2, 0.25) is 0 Å². The van der Waals surface area contributed by atoms with Crippen LogP contribution in [0.4, 0.5) is 10.1 Å². The topological polar surface area (TPSA) is 93.9 Å². The van der Waals surface area contributed by atoms with Gasteiger partial charge in [-0.05, 0) is 30.3 Å². The Bertz CT molecular complexity index is 833. The van der Waals surface area contributed by atoms with Gasteiger partial charge in [-0.25, -0.2) is 9.37 Å². The fourth-order valence-corrected chi connectivity index (χ4v) is 1.93. The third kappa shape index (κ3) is 3.49. The molecule has 0 atom stereocenters. The second kappa shape index (κ2) is 6.22. The minimum atomic E-state index is -0.492. The third-order valence-corrected chi connectivity index (χ3v) is 3.04. The summed E-state index contributed by atoms with van der Waals surface area (Å²) in [5, 5.41) is 17.4. The summed E-state index contributed by atoms with van der Waals surface area (Å²) in [6, 6.07) is 11.7. The Balaban J connectivity index is 1.69. The van der Waals surface area contributed by atoms with Crippen LogP contribution in [0.3, 0.4) is 0 Å². The molecule has 0 aliphatic rings. The van der Waals surface area contributed by atoms with Crippen LogP contribution in [0.1, 0.15) is 5.82 Å². The monoisotopic (exact) mass is 314 g/mol. The van der Waals surface area contributed by atoms with E-state index >= 15 is 0 Å². The highest BCUT2D eigenvalue weighted by molar-refractivity contribution is 5.54. The normalized spacial score (nSPS) is 10.5. The predicted octanol–water partition coefficient (Wildman–Crippen LogP) is 3.10. The summed E-state index contributed by atoms with van der Waals surface area (Å²) in [6.45, 7) is 0.0787. The summed E-state index contributed by atoms with van der Waals surface area (Å²) in [5.74, 6) is 0.899. The van der Waals surface area contributed by atoms with E-state index in [-0.39, 0.29) is 18.1 Å². The smallest absolute Gasteiger partial charge is 0.273 e. The van der Waals surface area contributed by atoms with Crippen LogP contribution in [-0.2, 0) is 6.61 Å². The van der Waals surface area contributed by atoms with Crippen molar-refractivity contribution in [3.8, 4) is 17.1 Å². The molecule has 1 aromatic heterocycles. The Labute approximate surface area is 129 Å². The molecule has 0 saturated carbocycles. The summed E-state index contributed by atoms with van der Waals surface area (Å²) in [7, 11) is 0. The van der Waals surface area contributed by atoms with Crippen molar-refractivity contribution in [2.75, 3.05) is 0 Å². The predicted molar refractivity (Wildman–Crippen MR) is 79.2 cm³/mol. The number of hydrogen-bond donors (Lipinski definition) is 1. The molecule has 0 aliphatic heterocycles. The molecule has 7 nitrogen and oxygen atoms in total. The maximum Gasteiger partial charge on any atom is 0.273 e. The lowest BCUT2D eigenvalue weighted by atomic mass is 10.2. The summed E-state index contributed by atoms with van der Waals surface area (Å²) >= 11 is 0. The van der Waals surface area contributed by atoms with Crippen molar-refractivity contribution < 1.29 is 14.1 Å².